The molecule has 0 saturated carbocycles. The minimum atomic E-state index is -0.254. The number of nitrogens with one attached hydrogen (secondary N) is 1. The van der Waals surface area contributed by atoms with Crippen LogP contribution < -0.4 is 5.32 Å². The van der Waals surface area contributed by atoms with Crippen molar-refractivity contribution in [1.29, 1.82) is 0 Å². The number of thiophene rings is 2. The molecule has 0 aliphatic heterocycles. The maximum atomic E-state index is 12.7. The molecule has 0 bridgehead atoms. The first-order valence-electron chi connectivity index (χ1n) is 7.70. The smallest absolute Gasteiger partial charge is 0.274 e. The lowest BCUT2D eigenvalue weighted by atomic mass is 10.1. The molecule has 1 atom stereocenters. The fraction of sp³-hybridized carbons (Fsp3) is 0.0526. The van der Waals surface area contributed by atoms with Gasteiger partial charge in [0.05, 0.1) is 6.04 Å². The average molecular weight is 366 g/mol. The van der Waals surface area contributed by atoms with Crippen molar-refractivity contribution in [2.75, 3.05) is 0 Å². The number of nitrogens with zero attached hydrogens (tertiary/aromatic N) is 1. The zero-order chi connectivity index (χ0) is 17.1. The molecule has 1 N–H and O–H groups in total. The molecule has 0 fully saturated rings. The standard InChI is InChI=1S/C19H14N2O2S2/c22-19(15-11-16(23-21-15)13-5-2-1-3-6-13)20-18(14-8-10-24-12-14)17-7-4-9-25-17/h1-12,18H,(H,20,22)/t18-/m1/s1. The predicted octanol–water partition coefficient (Wildman–Crippen LogP) is 4.98. The third-order valence-electron chi connectivity index (χ3n) is 3.78. The lowest BCUT2D eigenvalue weighted by Crippen LogP contribution is -2.28. The van der Waals surface area contributed by atoms with Gasteiger partial charge < -0.3 is 9.84 Å². The first-order valence-corrected chi connectivity index (χ1v) is 9.52. The molecule has 0 radical (unpaired) electrons. The van der Waals surface area contributed by atoms with Crippen molar-refractivity contribution in [3.8, 4) is 11.3 Å². The Kier molecular flexibility index (Phi) is 4.45. The van der Waals surface area contributed by atoms with Crippen LogP contribution in [0, 0.1) is 0 Å². The van der Waals surface area contributed by atoms with Gasteiger partial charge >= 0.3 is 0 Å². The number of carbonyl (C=O) groups is 1. The van der Waals surface area contributed by atoms with Gasteiger partial charge in [-0.05, 0) is 33.8 Å². The molecule has 25 heavy (non-hydrogen) atoms. The van der Waals surface area contributed by atoms with Gasteiger partial charge in [-0.1, -0.05) is 41.6 Å². The summed E-state index contributed by atoms with van der Waals surface area (Å²) >= 11 is 3.22. The first-order chi connectivity index (χ1) is 12.3. The van der Waals surface area contributed by atoms with Crippen molar-refractivity contribution in [3.05, 3.63) is 86.9 Å². The lowest BCUT2D eigenvalue weighted by molar-refractivity contribution is 0.0934. The number of aromatic nitrogens is 1. The molecule has 6 heteroatoms. The van der Waals surface area contributed by atoms with Gasteiger partial charge in [0.2, 0.25) is 0 Å². The van der Waals surface area contributed by atoms with Crippen molar-refractivity contribution in [2.45, 2.75) is 6.04 Å². The summed E-state index contributed by atoms with van der Waals surface area (Å²) in [5.74, 6) is 0.324. The van der Waals surface area contributed by atoms with Crippen LogP contribution in [0.3, 0.4) is 0 Å². The Morgan fingerprint density at radius 1 is 1.08 bits per heavy atom. The minimum Gasteiger partial charge on any atom is -0.355 e. The van der Waals surface area contributed by atoms with Crippen LogP contribution in [-0.2, 0) is 0 Å². The van der Waals surface area contributed by atoms with Crippen molar-refractivity contribution in [1.82, 2.24) is 10.5 Å². The van der Waals surface area contributed by atoms with E-state index in [1.54, 1.807) is 28.7 Å². The second-order valence-corrected chi connectivity index (χ2v) is 7.18. The number of carbonyl (C=O) groups excluding carboxylic acids is 1. The summed E-state index contributed by atoms with van der Waals surface area (Å²) in [6, 6.07) is 17.1. The Hall–Kier alpha value is -2.70. The summed E-state index contributed by atoms with van der Waals surface area (Å²) in [5.41, 5.74) is 2.23. The van der Waals surface area contributed by atoms with E-state index in [0.29, 0.717) is 5.76 Å². The quantitative estimate of drug-likeness (QED) is 0.542. The number of benzene rings is 1. The number of hydrogen-bond acceptors (Lipinski definition) is 5. The topological polar surface area (TPSA) is 55.1 Å². The van der Waals surface area contributed by atoms with Gasteiger partial charge in [-0.15, -0.1) is 11.3 Å². The van der Waals surface area contributed by atoms with Gasteiger partial charge in [-0.3, -0.25) is 4.79 Å². The fourth-order valence-corrected chi connectivity index (χ4v) is 4.03. The molecule has 3 heterocycles. The summed E-state index contributed by atoms with van der Waals surface area (Å²) in [4.78, 5) is 13.7. The van der Waals surface area contributed by atoms with Crippen LogP contribution in [0.1, 0.15) is 27.0 Å². The van der Waals surface area contributed by atoms with Gasteiger partial charge in [0.25, 0.3) is 5.91 Å². The van der Waals surface area contributed by atoms with Gasteiger partial charge in [-0.2, -0.15) is 11.3 Å². The van der Waals surface area contributed by atoms with Gasteiger partial charge in [-0.25, -0.2) is 0 Å². The predicted molar refractivity (Wildman–Crippen MR) is 99.9 cm³/mol. The molecule has 1 aromatic carbocycles. The summed E-state index contributed by atoms with van der Waals surface area (Å²) in [6.45, 7) is 0. The Morgan fingerprint density at radius 3 is 2.68 bits per heavy atom. The molecule has 3 aromatic heterocycles. The summed E-state index contributed by atoms with van der Waals surface area (Å²) in [6.07, 6.45) is 0. The number of hydrogen-bond donors (Lipinski definition) is 1. The van der Waals surface area contributed by atoms with Crippen LogP contribution >= 0.6 is 22.7 Å². The van der Waals surface area contributed by atoms with E-state index in [1.807, 2.05) is 64.7 Å². The lowest BCUT2D eigenvalue weighted by Gasteiger charge is -2.15. The molecule has 0 unspecified atom stereocenters. The molecular formula is C19H14N2O2S2. The summed E-state index contributed by atoms with van der Waals surface area (Å²) < 4.78 is 5.33. The van der Waals surface area contributed by atoms with E-state index in [4.69, 9.17) is 4.52 Å². The van der Waals surface area contributed by atoms with E-state index in [1.165, 1.54) is 0 Å². The van der Waals surface area contributed by atoms with Crippen LogP contribution in [0.4, 0.5) is 0 Å². The normalized spacial score (nSPS) is 12.0. The van der Waals surface area contributed by atoms with Crippen molar-refractivity contribution < 1.29 is 9.32 Å². The number of rotatable bonds is 5. The highest BCUT2D eigenvalue weighted by Crippen LogP contribution is 2.28. The maximum absolute atomic E-state index is 12.7. The molecule has 0 aliphatic carbocycles. The van der Waals surface area contributed by atoms with Crippen LogP contribution in [-0.4, -0.2) is 11.1 Å². The van der Waals surface area contributed by atoms with Crippen LogP contribution in [0.5, 0.6) is 0 Å². The van der Waals surface area contributed by atoms with E-state index < -0.39 is 0 Å². The maximum Gasteiger partial charge on any atom is 0.274 e. The molecule has 124 valence electrons. The van der Waals surface area contributed by atoms with Crippen molar-refractivity contribution >= 4 is 28.6 Å². The second kappa shape index (κ2) is 7.04. The van der Waals surface area contributed by atoms with E-state index in [2.05, 4.69) is 10.5 Å². The average Bonchev–Trinajstić information content (AvgIpc) is 3.43. The zero-order valence-electron chi connectivity index (χ0n) is 13.1. The van der Waals surface area contributed by atoms with Gasteiger partial charge in [0.1, 0.15) is 0 Å². The monoisotopic (exact) mass is 366 g/mol. The van der Waals surface area contributed by atoms with Gasteiger partial charge in [0.15, 0.2) is 11.5 Å². The van der Waals surface area contributed by atoms with Crippen molar-refractivity contribution in [2.24, 2.45) is 0 Å². The van der Waals surface area contributed by atoms with Crippen LogP contribution in [0.2, 0.25) is 0 Å². The zero-order valence-corrected chi connectivity index (χ0v) is 14.7. The summed E-state index contributed by atoms with van der Waals surface area (Å²) in [5, 5.41) is 13.0. The third kappa shape index (κ3) is 3.40. The molecule has 1 amide bonds. The second-order valence-electron chi connectivity index (χ2n) is 5.42. The third-order valence-corrected chi connectivity index (χ3v) is 5.42. The van der Waals surface area contributed by atoms with Crippen LogP contribution in [0.15, 0.2) is 75.3 Å². The highest BCUT2D eigenvalue weighted by Gasteiger charge is 2.21. The molecule has 4 nitrogen and oxygen atoms in total. The Labute approximate surface area is 152 Å². The molecular weight excluding hydrogens is 352 g/mol. The SMILES string of the molecule is O=C(N[C@H](c1ccsc1)c1cccs1)c1cc(-c2ccccc2)on1. The molecule has 4 rings (SSSR count). The molecule has 0 spiro atoms. The first kappa shape index (κ1) is 15.8. The van der Waals surface area contributed by atoms with Crippen molar-refractivity contribution in [3.63, 3.8) is 0 Å². The van der Waals surface area contributed by atoms with E-state index in [0.717, 1.165) is 16.0 Å². The molecule has 4 aromatic rings. The molecule has 0 saturated heterocycles. The highest BCUT2D eigenvalue weighted by molar-refractivity contribution is 7.10. The number of amides is 1. The largest absolute Gasteiger partial charge is 0.355 e. The summed E-state index contributed by atoms with van der Waals surface area (Å²) in [7, 11) is 0. The van der Waals surface area contributed by atoms with E-state index in [9.17, 15) is 4.79 Å². The van der Waals surface area contributed by atoms with Crippen LogP contribution in [0.25, 0.3) is 11.3 Å². The Bertz CT molecular complexity index is 910. The Balaban J connectivity index is 1.57. The highest BCUT2D eigenvalue weighted by atomic mass is 32.1. The minimum absolute atomic E-state index is 0.185. The van der Waals surface area contributed by atoms with E-state index >= 15 is 0 Å². The van der Waals surface area contributed by atoms with Gasteiger partial charge in [0, 0.05) is 16.5 Å². The fourth-order valence-electron chi connectivity index (χ4n) is 2.54. The molecule has 0 aliphatic rings. The van der Waals surface area contributed by atoms with E-state index in [-0.39, 0.29) is 17.6 Å². The Morgan fingerprint density at radius 2 is 1.96 bits per heavy atom.